The molecule has 0 spiro atoms. The molecule has 0 atom stereocenters. The fourth-order valence-corrected chi connectivity index (χ4v) is 2.04. The number of fused-ring (bicyclic) bond motifs is 1. The maximum Gasteiger partial charge on any atom is 0.0273 e. The molecule has 0 saturated heterocycles. The van der Waals surface area contributed by atoms with Crippen LogP contribution < -0.4 is 0 Å². The minimum Gasteiger partial charge on any atom is -0.301 e. The third kappa shape index (κ3) is 4.18. The number of nitrogens with zero attached hydrogens (tertiary/aromatic N) is 1. The average molecular weight is 217 g/mol. The summed E-state index contributed by atoms with van der Waals surface area (Å²) in [4.78, 5) is 3.73. The molecular weight excluding hydrogens is 194 g/mol. The molecule has 0 radical (unpaired) electrons. The van der Waals surface area contributed by atoms with Crippen molar-refractivity contribution in [2.24, 2.45) is 4.99 Å². The summed E-state index contributed by atoms with van der Waals surface area (Å²) in [5, 5.41) is 0. The van der Waals surface area contributed by atoms with Crippen LogP contribution in [0.25, 0.3) is 0 Å². The fraction of sp³-hybridized carbons (Fsp3) is 0.533. The van der Waals surface area contributed by atoms with Crippen LogP contribution in [0.4, 0.5) is 0 Å². The van der Waals surface area contributed by atoms with E-state index in [1.807, 2.05) is 6.21 Å². The van der Waals surface area contributed by atoms with Gasteiger partial charge in [0.15, 0.2) is 0 Å². The van der Waals surface area contributed by atoms with Gasteiger partial charge in [-0.25, -0.2) is 0 Å². The molecule has 1 aliphatic carbocycles. The first kappa shape index (κ1) is 13.0. The number of aryl methyl sites for hydroxylation is 3. The molecule has 0 unspecified atom stereocenters. The van der Waals surface area contributed by atoms with Gasteiger partial charge in [0.1, 0.15) is 0 Å². The van der Waals surface area contributed by atoms with Crippen LogP contribution in [-0.4, -0.2) is 13.3 Å². The molecule has 1 nitrogen and oxygen atoms in total. The van der Waals surface area contributed by atoms with Crippen molar-refractivity contribution in [2.45, 2.75) is 46.0 Å². The Morgan fingerprint density at radius 2 is 1.88 bits per heavy atom. The van der Waals surface area contributed by atoms with E-state index in [-0.39, 0.29) is 0 Å². The van der Waals surface area contributed by atoms with Crippen LogP contribution in [0.2, 0.25) is 0 Å². The lowest BCUT2D eigenvalue weighted by Crippen LogP contribution is -2.01. The Morgan fingerprint density at radius 3 is 2.44 bits per heavy atom. The Balaban J connectivity index is 0.000000221. The van der Waals surface area contributed by atoms with Crippen LogP contribution in [0.5, 0.6) is 0 Å². The highest BCUT2D eigenvalue weighted by atomic mass is 14.6. The maximum absolute atomic E-state index is 3.73. The van der Waals surface area contributed by atoms with Crippen LogP contribution in [0.1, 0.15) is 42.9 Å². The van der Waals surface area contributed by atoms with Gasteiger partial charge in [-0.15, -0.1) is 0 Å². The van der Waals surface area contributed by atoms with Crippen LogP contribution >= 0.6 is 0 Å². The smallest absolute Gasteiger partial charge is 0.0273 e. The molecule has 2 rings (SSSR count). The average Bonchev–Trinajstić information content (AvgIpc) is 2.31. The first-order valence-electron chi connectivity index (χ1n) is 6.27. The molecule has 88 valence electrons. The van der Waals surface area contributed by atoms with Crippen LogP contribution in [0.15, 0.2) is 23.2 Å². The molecule has 1 aromatic carbocycles. The van der Waals surface area contributed by atoms with Gasteiger partial charge in [-0.05, 0) is 56.4 Å². The molecule has 1 aromatic rings. The first-order chi connectivity index (χ1) is 7.77. The zero-order valence-electron chi connectivity index (χ0n) is 10.8. The van der Waals surface area contributed by atoms with Crippen molar-refractivity contribution in [1.29, 1.82) is 0 Å². The topological polar surface area (TPSA) is 12.4 Å². The molecule has 0 aliphatic heterocycles. The minimum absolute atomic E-state index is 1.05. The molecule has 0 saturated carbocycles. The number of aliphatic imine (C=N–C) groups is 1. The largest absolute Gasteiger partial charge is 0.301 e. The lowest BCUT2D eigenvalue weighted by atomic mass is 9.91. The number of hydrogen-bond acceptors (Lipinski definition) is 1. The molecule has 0 amide bonds. The van der Waals surface area contributed by atoms with E-state index in [4.69, 9.17) is 0 Å². The Morgan fingerprint density at radius 1 is 1.19 bits per heavy atom. The van der Waals surface area contributed by atoms with Gasteiger partial charge in [0.25, 0.3) is 0 Å². The second kappa shape index (κ2) is 7.21. The lowest BCUT2D eigenvalue weighted by Gasteiger charge is -2.15. The molecule has 16 heavy (non-hydrogen) atoms. The molecule has 0 bridgehead atoms. The molecule has 0 N–H and O–H groups in total. The quantitative estimate of drug-likeness (QED) is 0.631. The number of rotatable bonds is 1. The van der Waals surface area contributed by atoms with E-state index >= 15 is 0 Å². The minimum atomic E-state index is 1.05. The van der Waals surface area contributed by atoms with Gasteiger partial charge < -0.3 is 4.99 Å². The highest BCUT2D eigenvalue weighted by molar-refractivity contribution is 5.56. The van der Waals surface area contributed by atoms with Gasteiger partial charge in [0, 0.05) is 7.05 Å². The Bertz CT molecular complexity index is 339. The second-order valence-corrected chi connectivity index (χ2v) is 4.33. The van der Waals surface area contributed by atoms with Crippen molar-refractivity contribution in [3.63, 3.8) is 0 Å². The third-order valence-corrected chi connectivity index (χ3v) is 2.87. The zero-order valence-corrected chi connectivity index (χ0v) is 10.8. The molecule has 0 fully saturated rings. The molecule has 0 aromatic heterocycles. The van der Waals surface area contributed by atoms with E-state index in [1.54, 1.807) is 18.2 Å². The molecule has 1 heteroatoms. The summed E-state index contributed by atoms with van der Waals surface area (Å²) in [5.74, 6) is 0. The normalized spacial score (nSPS) is 14.2. The van der Waals surface area contributed by atoms with E-state index in [2.05, 4.69) is 37.0 Å². The van der Waals surface area contributed by atoms with E-state index in [1.165, 1.54) is 31.2 Å². The summed E-state index contributed by atoms with van der Waals surface area (Å²) in [5.41, 5.74) is 4.59. The van der Waals surface area contributed by atoms with Crippen LogP contribution in [0, 0.1) is 6.92 Å². The van der Waals surface area contributed by atoms with Crippen LogP contribution in [0.3, 0.4) is 0 Å². The Labute approximate surface area is 99.6 Å². The molecule has 0 heterocycles. The van der Waals surface area contributed by atoms with Gasteiger partial charge in [-0.3, -0.25) is 0 Å². The highest BCUT2D eigenvalue weighted by Gasteiger charge is 2.07. The maximum atomic E-state index is 3.73. The predicted octanol–water partition coefficient (Wildman–Crippen LogP) is 3.97. The summed E-state index contributed by atoms with van der Waals surface area (Å²) >= 11 is 0. The van der Waals surface area contributed by atoms with Crippen molar-refractivity contribution < 1.29 is 0 Å². The lowest BCUT2D eigenvalue weighted by molar-refractivity contribution is 0.685. The highest BCUT2D eigenvalue weighted by Crippen LogP contribution is 2.21. The van der Waals surface area contributed by atoms with Gasteiger partial charge in [-0.1, -0.05) is 30.7 Å². The molecule has 1 aliphatic rings. The van der Waals surface area contributed by atoms with E-state index < -0.39 is 0 Å². The fourth-order valence-electron chi connectivity index (χ4n) is 2.04. The monoisotopic (exact) mass is 217 g/mol. The predicted molar refractivity (Wildman–Crippen MR) is 72.5 cm³/mol. The van der Waals surface area contributed by atoms with Gasteiger partial charge in [0.2, 0.25) is 0 Å². The second-order valence-electron chi connectivity index (χ2n) is 4.33. The van der Waals surface area contributed by atoms with Gasteiger partial charge >= 0.3 is 0 Å². The van der Waals surface area contributed by atoms with E-state index in [9.17, 15) is 0 Å². The van der Waals surface area contributed by atoms with Crippen molar-refractivity contribution >= 4 is 6.21 Å². The summed E-state index contributed by atoms with van der Waals surface area (Å²) in [6, 6.07) is 6.86. The number of hydrogen-bond donors (Lipinski definition) is 0. The van der Waals surface area contributed by atoms with E-state index in [0.717, 1.165) is 6.42 Å². The van der Waals surface area contributed by atoms with Crippen molar-refractivity contribution in [3.8, 4) is 0 Å². The molecular formula is C15H23N. The number of benzene rings is 1. The summed E-state index contributed by atoms with van der Waals surface area (Å²) in [6.07, 6.45) is 8.30. The van der Waals surface area contributed by atoms with Crippen molar-refractivity contribution in [3.05, 3.63) is 34.9 Å². The zero-order chi connectivity index (χ0) is 11.8. The summed E-state index contributed by atoms with van der Waals surface area (Å²) in [6.45, 7) is 4.24. The Hall–Kier alpha value is -1.11. The van der Waals surface area contributed by atoms with Gasteiger partial charge in [-0.2, -0.15) is 0 Å². The first-order valence-corrected chi connectivity index (χ1v) is 6.27. The third-order valence-electron chi connectivity index (χ3n) is 2.87. The van der Waals surface area contributed by atoms with Gasteiger partial charge in [0.05, 0.1) is 0 Å². The van der Waals surface area contributed by atoms with E-state index in [0.29, 0.717) is 0 Å². The van der Waals surface area contributed by atoms with Crippen LogP contribution in [-0.2, 0) is 12.8 Å². The van der Waals surface area contributed by atoms with Crippen molar-refractivity contribution in [2.75, 3.05) is 7.05 Å². The van der Waals surface area contributed by atoms with Crippen molar-refractivity contribution in [1.82, 2.24) is 0 Å². The summed E-state index contributed by atoms with van der Waals surface area (Å²) < 4.78 is 0. The SMILES string of the molecule is CCC=NC.Cc1ccc2c(c1)CCCC2. The standard InChI is InChI=1S/C11H14.C4H9N/c1-9-6-7-10-4-2-3-5-11(10)8-9;1-3-4-5-2/h6-8H,2-5H2,1H3;4H,3H2,1-2H3. The Kier molecular flexibility index (Phi) is 5.84. The summed E-state index contributed by atoms with van der Waals surface area (Å²) in [7, 11) is 1.78.